The van der Waals surface area contributed by atoms with Crippen LogP contribution in [0.1, 0.15) is 37.3 Å². The van der Waals surface area contributed by atoms with E-state index in [1.807, 2.05) is 24.3 Å². The summed E-state index contributed by atoms with van der Waals surface area (Å²) >= 11 is 0. The lowest BCUT2D eigenvalue weighted by Crippen LogP contribution is -2.43. The molecule has 1 amide bonds. The van der Waals surface area contributed by atoms with E-state index in [0.29, 0.717) is 18.3 Å². The van der Waals surface area contributed by atoms with Gasteiger partial charge in [0, 0.05) is 25.7 Å². The molecule has 0 spiro atoms. The summed E-state index contributed by atoms with van der Waals surface area (Å²) in [5.74, 6) is 1.56. The zero-order valence-corrected chi connectivity index (χ0v) is 18.7. The van der Waals surface area contributed by atoms with E-state index in [4.69, 9.17) is 9.73 Å². The van der Waals surface area contributed by atoms with Crippen LogP contribution in [0.3, 0.4) is 0 Å². The maximum Gasteiger partial charge on any atom is 0.258 e. The zero-order chi connectivity index (χ0) is 22.2. The van der Waals surface area contributed by atoms with Gasteiger partial charge in [-0.3, -0.25) is 4.79 Å². The van der Waals surface area contributed by atoms with E-state index in [2.05, 4.69) is 58.9 Å². The second-order valence-corrected chi connectivity index (χ2v) is 8.24. The molecule has 2 N–H and O–H groups in total. The second kappa shape index (κ2) is 10.8. The maximum absolute atomic E-state index is 11.9. The predicted octanol–water partition coefficient (Wildman–Crippen LogP) is 3.60. The molecule has 1 heterocycles. The van der Waals surface area contributed by atoms with Gasteiger partial charge >= 0.3 is 0 Å². The van der Waals surface area contributed by atoms with Crippen molar-refractivity contribution in [2.45, 2.75) is 38.8 Å². The maximum atomic E-state index is 11.9. The molecule has 1 saturated carbocycles. The number of nitrogens with one attached hydrogen (secondary N) is 2. The van der Waals surface area contributed by atoms with Crippen LogP contribution in [-0.4, -0.2) is 49.0 Å². The average Bonchev–Trinajstić information content (AvgIpc) is 3.65. The summed E-state index contributed by atoms with van der Waals surface area (Å²) in [6, 6.07) is 18.7. The van der Waals surface area contributed by atoms with Crippen LogP contribution in [0.2, 0.25) is 0 Å². The highest BCUT2D eigenvalue weighted by molar-refractivity contribution is 5.81. The second-order valence-electron chi connectivity index (χ2n) is 8.24. The Kier molecular flexibility index (Phi) is 7.43. The van der Waals surface area contributed by atoms with Gasteiger partial charge in [0.25, 0.3) is 5.91 Å². The van der Waals surface area contributed by atoms with Crippen molar-refractivity contribution >= 4 is 17.4 Å². The monoisotopic (exact) mass is 432 g/mol. The Bertz CT molecular complexity index is 967. The largest absolute Gasteiger partial charge is 0.484 e. The van der Waals surface area contributed by atoms with E-state index in [9.17, 15) is 4.79 Å². The van der Waals surface area contributed by atoms with Crippen molar-refractivity contribution in [2.24, 2.45) is 4.99 Å². The van der Waals surface area contributed by atoms with Gasteiger partial charge in [0.05, 0.1) is 6.54 Å². The van der Waals surface area contributed by atoms with Crippen molar-refractivity contribution in [3.05, 3.63) is 71.8 Å². The molecule has 32 heavy (non-hydrogen) atoms. The fraction of sp³-hybridized carbons (Fsp3) is 0.385. The number of nitrogens with zero attached hydrogens (tertiary/aromatic N) is 2. The van der Waals surface area contributed by atoms with Gasteiger partial charge < -0.3 is 20.3 Å². The van der Waals surface area contributed by atoms with Crippen LogP contribution in [0.15, 0.2) is 65.7 Å². The van der Waals surface area contributed by atoms with Gasteiger partial charge in [0.1, 0.15) is 5.75 Å². The highest BCUT2D eigenvalue weighted by atomic mass is 16.5. The van der Waals surface area contributed by atoms with Gasteiger partial charge in [-0.05, 0) is 55.0 Å². The van der Waals surface area contributed by atoms with E-state index < -0.39 is 0 Å². The molecule has 2 aliphatic rings. The Morgan fingerprint density at radius 2 is 2.00 bits per heavy atom. The SMILES string of the molecule is CCNC(=NCc1cccc(OCC(=O)NC2CC2)c1)N1CC=C(c2ccccc2)CC1. The van der Waals surface area contributed by atoms with Crippen molar-refractivity contribution in [3.8, 4) is 5.75 Å². The number of benzene rings is 2. The van der Waals surface area contributed by atoms with Gasteiger partial charge in [-0.1, -0.05) is 48.5 Å². The van der Waals surface area contributed by atoms with Gasteiger partial charge in [0.2, 0.25) is 0 Å². The Labute approximate surface area is 190 Å². The van der Waals surface area contributed by atoms with Crippen LogP contribution in [0.4, 0.5) is 0 Å². The third-order valence-corrected chi connectivity index (χ3v) is 5.61. The molecule has 4 rings (SSSR count). The first-order valence-electron chi connectivity index (χ1n) is 11.5. The molecule has 168 valence electrons. The molecular weight excluding hydrogens is 400 g/mol. The molecule has 0 bridgehead atoms. The first-order valence-corrected chi connectivity index (χ1v) is 11.5. The van der Waals surface area contributed by atoms with Crippen molar-refractivity contribution in [2.75, 3.05) is 26.2 Å². The normalized spacial score (nSPS) is 16.3. The molecule has 1 aliphatic heterocycles. The number of carbonyl (C=O) groups excluding carboxylic acids is 1. The topological polar surface area (TPSA) is 66.0 Å². The van der Waals surface area contributed by atoms with Crippen LogP contribution < -0.4 is 15.4 Å². The minimum absolute atomic E-state index is 0.0513. The molecule has 2 aromatic carbocycles. The summed E-state index contributed by atoms with van der Waals surface area (Å²) in [4.78, 5) is 19.0. The lowest BCUT2D eigenvalue weighted by atomic mass is 10.00. The molecule has 0 radical (unpaired) electrons. The number of amides is 1. The van der Waals surface area contributed by atoms with Crippen LogP contribution in [0.5, 0.6) is 5.75 Å². The number of rotatable bonds is 8. The minimum Gasteiger partial charge on any atom is -0.484 e. The summed E-state index contributed by atoms with van der Waals surface area (Å²) in [5.41, 5.74) is 3.75. The molecule has 1 aliphatic carbocycles. The summed E-state index contributed by atoms with van der Waals surface area (Å²) in [6.07, 6.45) is 5.45. The molecule has 1 fully saturated rings. The summed E-state index contributed by atoms with van der Waals surface area (Å²) in [7, 11) is 0. The number of guanidine groups is 1. The molecule has 0 unspecified atom stereocenters. The van der Waals surface area contributed by atoms with Crippen LogP contribution >= 0.6 is 0 Å². The van der Waals surface area contributed by atoms with E-state index in [-0.39, 0.29) is 12.5 Å². The number of ether oxygens (including phenoxy) is 1. The number of hydrogen-bond acceptors (Lipinski definition) is 3. The molecule has 0 atom stereocenters. The van der Waals surface area contributed by atoms with Crippen LogP contribution in [-0.2, 0) is 11.3 Å². The van der Waals surface area contributed by atoms with E-state index in [0.717, 1.165) is 50.4 Å². The van der Waals surface area contributed by atoms with Crippen molar-refractivity contribution in [1.29, 1.82) is 0 Å². The smallest absolute Gasteiger partial charge is 0.258 e. The lowest BCUT2D eigenvalue weighted by Gasteiger charge is -2.30. The van der Waals surface area contributed by atoms with Crippen LogP contribution in [0, 0.1) is 0 Å². The Hall–Kier alpha value is -3.28. The Balaban J connectivity index is 1.35. The van der Waals surface area contributed by atoms with E-state index in [1.165, 1.54) is 11.1 Å². The molecule has 6 heteroatoms. The van der Waals surface area contributed by atoms with Crippen molar-refractivity contribution in [3.63, 3.8) is 0 Å². The third-order valence-electron chi connectivity index (χ3n) is 5.61. The minimum atomic E-state index is -0.0571. The molecule has 0 saturated heterocycles. The van der Waals surface area contributed by atoms with E-state index in [1.54, 1.807) is 0 Å². The quantitative estimate of drug-likeness (QED) is 0.494. The average molecular weight is 433 g/mol. The van der Waals surface area contributed by atoms with Gasteiger partial charge in [-0.2, -0.15) is 0 Å². The number of hydrogen-bond donors (Lipinski definition) is 2. The molecule has 2 aromatic rings. The standard InChI is InChI=1S/C26H32N4O2/c1-2-27-26(30-15-13-22(14-16-30)21-8-4-3-5-9-21)28-18-20-7-6-10-24(17-20)32-19-25(31)29-23-11-12-23/h3-10,13,17,23H,2,11-12,14-16,18-19H2,1H3,(H,27,28)(H,29,31). The first kappa shape index (κ1) is 21.9. The lowest BCUT2D eigenvalue weighted by molar-refractivity contribution is -0.123. The number of aliphatic imine (C=N–C) groups is 1. The fourth-order valence-corrected chi connectivity index (χ4v) is 3.75. The highest BCUT2D eigenvalue weighted by Crippen LogP contribution is 2.22. The molecule has 6 nitrogen and oxygen atoms in total. The summed E-state index contributed by atoms with van der Waals surface area (Å²) in [5, 5.41) is 6.36. The summed E-state index contributed by atoms with van der Waals surface area (Å²) in [6.45, 7) is 5.30. The highest BCUT2D eigenvalue weighted by Gasteiger charge is 2.23. The Morgan fingerprint density at radius 3 is 2.72 bits per heavy atom. The predicted molar refractivity (Wildman–Crippen MR) is 129 cm³/mol. The number of carbonyl (C=O) groups is 1. The zero-order valence-electron chi connectivity index (χ0n) is 18.7. The Morgan fingerprint density at radius 1 is 1.16 bits per heavy atom. The van der Waals surface area contributed by atoms with Gasteiger partial charge in [-0.25, -0.2) is 4.99 Å². The van der Waals surface area contributed by atoms with Gasteiger partial charge in [0.15, 0.2) is 12.6 Å². The van der Waals surface area contributed by atoms with Crippen molar-refractivity contribution in [1.82, 2.24) is 15.5 Å². The van der Waals surface area contributed by atoms with Crippen LogP contribution in [0.25, 0.3) is 5.57 Å². The van der Waals surface area contributed by atoms with Crippen molar-refractivity contribution < 1.29 is 9.53 Å². The van der Waals surface area contributed by atoms with Gasteiger partial charge in [-0.15, -0.1) is 0 Å². The summed E-state index contributed by atoms with van der Waals surface area (Å²) < 4.78 is 5.67. The molecular formula is C26H32N4O2. The molecule has 0 aromatic heterocycles. The van der Waals surface area contributed by atoms with E-state index >= 15 is 0 Å². The third kappa shape index (κ3) is 6.36. The first-order chi connectivity index (χ1) is 15.7. The fourth-order valence-electron chi connectivity index (χ4n) is 3.75.